The van der Waals surface area contributed by atoms with Gasteiger partial charge in [0.05, 0.1) is 35.5 Å². The van der Waals surface area contributed by atoms with E-state index in [-0.39, 0.29) is 22.8 Å². The van der Waals surface area contributed by atoms with Gasteiger partial charge in [0.25, 0.3) is 0 Å². The molecule has 0 bridgehead atoms. The smallest absolute Gasteiger partial charge is 0.338 e. The van der Waals surface area contributed by atoms with E-state index in [2.05, 4.69) is 10.6 Å². The van der Waals surface area contributed by atoms with E-state index in [0.717, 1.165) is 0 Å². The zero-order valence-corrected chi connectivity index (χ0v) is 19.1. The molecule has 0 saturated carbocycles. The molecular formula is C22H23ClN2O6S. The van der Waals surface area contributed by atoms with E-state index in [1.54, 1.807) is 31.2 Å². The molecule has 1 atom stereocenters. The molecule has 2 aromatic rings. The lowest BCUT2D eigenvalue weighted by Crippen LogP contribution is -2.47. The highest BCUT2D eigenvalue weighted by Crippen LogP contribution is 2.34. The second kappa shape index (κ2) is 10.1. The first-order valence-electron chi connectivity index (χ1n) is 9.94. The number of ether oxygens (including phenoxy) is 2. The SMILES string of the molecule is CCOC(=O)C1=C(CS(=O)(=O)c2ccc(Cl)cc2)NC(=O)N[C@@H]1c1ccccc1OCC. The van der Waals surface area contributed by atoms with Gasteiger partial charge < -0.3 is 20.1 Å². The number of carbonyl (C=O) groups excluding carboxylic acids is 2. The molecule has 10 heteroatoms. The maximum Gasteiger partial charge on any atom is 0.338 e. The Morgan fingerprint density at radius 1 is 1.06 bits per heavy atom. The first-order valence-corrected chi connectivity index (χ1v) is 12.0. The zero-order chi connectivity index (χ0) is 23.3. The van der Waals surface area contributed by atoms with Gasteiger partial charge in [0.2, 0.25) is 0 Å². The van der Waals surface area contributed by atoms with Crippen LogP contribution in [0.5, 0.6) is 5.75 Å². The van der Waals surface area contributed by atoms with E-state index in [0.29, 0.717) is 22.9 Å². The summed E-state index contributed by atoms with van der Waals surface area (Å²) in [6.07, 6.45) is 0. The molecule has 170 valence electrons. The molecule has 0 spiro atoms. The summed E-state index contributed by atoms with van der Waals surface area (Å²) in [5, 5.41) is 5.55. The average molecular weight is 479 g/mol. The number of hydrogen-bond acceptors (Lipinski definition) is 6. The number of sulfone groups is 1. The highest BCUT2D eigenvalue weighted by Gasteiger charge is 2.37. The molecule has 3 rings (SSSR count). The number of urea groups is 1. The van der Waals surface area contributed by atoms with Crippen molar-refractivity contribution in [2.24, 2.45) is 0 Å². The summed E-state index contributed by atoms with van der Waals surface area (Å²) in [6, 6.07) is 11.0. The Bertz CT molecular complexity index is 1150. The normalized spacial score (nSPS) is 16.2. The zero-order valence-electron chi connectivity index (χ0n) is 17.6. The topological polar surface area (TPSA) is 111 Å². The number of amides is 2. The van der Waals surface area contributed by atoms with Crippen molar-refractivity contribution < 1.29 is 27.5 Å². The summed E-state index contributed by atoms with van der Waals surface area (Å²) in [6.45, 7) is 3.89. The molecule has 0 aromatic heterocycles. The van der Waals surface area contributed by atoms with Gasteiger partial charge in [-0.1, -0.05) is 29.8 Å². The third-order valence-electron chi connectivity index (χ3n) is 4.69. The molecule has 0 saturated heterocycles. The first kappa shape index (κ1) is 23.6. The standard InChI is InChI=1S/C22H23ClN2O6S/c1-3-30-18-8-6-5-7-16(18)20-19(21(26)31-4-2)17(24-22(27)25-20)13-32(28,29)15-11-9-14(23)10-12-15/h5-12,20H,3-4,13H2,1-2H3,(H2,24,25,27)/t20-/m1/s1. The number of carbonyl (C=O) groups is 2. The lowest BCUT2D eigenvalue weighted by Gasteiger charge is -2.30. The molecule has 2 N–H and O–H groups in total. The Morgan fingerprint density at radius 3 is 2.41 bits per heavy atom. The van der Waals surface area contributed by atoms with E-state index in [4.69, 9.17) is 21.1 Å². The van der Waals surface area contributed by atoms with Gasteiger partial charge in [-0.15, -0.1) is 0 Å². The van der Waals surface area contributed by atoms with E-state index in [1.165, 1.54) is 24.3 Å². The number of halogens is 1. The van der Waals surface area contributed by atoms with Gasteiger partial charge in [-0.2, -0.15) is 0 Å². The van der Waals surface area contributed by atoms with Gasteiger partial charge >= 0.3 is 12.0 Å². The summed E-state index contributed by atoms with van der Waals surface area (Å²) in [4.78, 5) is 25.4. The number of nitrogens with one attached hydrogen (secondary N) is 2. The Kier molecular flexibility index (Phi) is 7.42. The molecule has 0 radical (unpaired) electrons. The van der Waals surface area contributed by atoms with Gasteiger partial charge in [-0.3, -0.25) is 0 Å². The number of esters is 1. The van der Waals surface area contributed by atoms with Crippen molar-refractivity contribution >= 4 is 33.4 Å². The summed E-state index contributed by atoms with van der Waals surface area (Å²) in [5.41, 5.74) is 0.447. The maximum absolute atomic E-state index is 13.0. The fourth-order valence-corrected chi connectivity index (χ4v) is 4.79. The highest BCUT2D eigenvalue weighted by molar-refractivity contribution is 7.91. The van der Waals surface area contributed by atoms with E-state index < -0.39 is 33.6 Å². The van der Waals surface area contributed by atoms with Crippen LogP contribution in [0.25, 0.3) is 0 Å². The molecule has 1 aliphatic heterocycles. The van der Waals surface area contributed by atoms with Crippen LogP contribution in [0.3, 0.4) is 0 Å². The van der Waals surface area contributed by atoms with Crippen molar-refractivity contribution in [1.82, 2.24) is 10.6 Å². The fraction of sp³-hybridized carbons (Fsp3) is 0.273. The molecule has 0 unspecified atom stereocenters. The number of rotatable bonds is 8. The van der Waals surface area contributed by atoms with Crippen LogP contribution < -0.4 is 15.4 Å². The lowest BCUT2D eigenvalue weighted by atomic mass is 9.95. The predicted molar refractivity (Wildman–Crippen MR) is 119 cm³/mol. The van der Waals surface area contributed by atoms with Crippen LogP contribution in [0, 0.1) is 0 Å². The Hall–Kier alpha value is -3.04. The average Bonchev–Trinajstić information content (AvgIpc) is 2.74. The first-order chi connectivity index (χ1) is 15.3. The number of hydrogen-bond donors (Lipinski definition) is 2. The van der Waals surface area contributed by atoms with Crippen LogP contribution in [-0.2, 0) is 19.4 Å². The van der Waals surface area contributed by atoms with Gasteiger partial charge in [0.15, 0.2) is 9.84 Å². The molecule has 0 aliphatic carbocycles. The van der Waals surface area contributed by atoms with Crippen LogP contribution in [0.15, 0.2) is 64.7 Å². The molecule has 32 heavy (non-hydrogen) atoms. The Balaban J connectivity index is 2.12. The van der Waals surface area contributed by atoms with Crippen molar-refractivity contribution in [1.29, 1.82) is 0 Å². The fourth-order valence-electron chi connectivity index (χ4n) is 3.34. The van der Waals surface area contributed by atoms with Crippen molar-refractivity contribution in [2.75, 3.05) is 19.0 Å². The van der Waals surface area contributed by atoms with E-state index in [9.17, 15) is 18.0 Å². The quantitative estimate of drug-likeness (QED) is 0.563. The van der Waals surface area contributed by atoms with Gasteiger partial charge in [-0.05, 0) is 44.2 Å². The number of para-hydroxylation sites is 1. The Morgan fingerprint density at radius 2 is 1.75 bits per heavy atom. The summed E-state index contributed by atoms with van der Waals surface area (Å²) >= 11 is 5.86. The minimum atomic E-state index is -3.91. The summed E-state index contributed by atoms with van der Waals surface area (Å²) in [5.74, 6) is -0.884. The molecule has 2 amide bonds. The van der Waals surface area contributed by atoms with Crippen molar-refractivity contribution in [3.05, 3.63) is 70.4 Å². The van der Waals surface area contributed by atoms with Crippen LogP contribution >= 0.6 is 11.6 Å². The minimum Gasteiger partial charge on any atom is -0.494 e. The highest BCUT2D eigenvalue weighted by atomic mass is 35.5. The van der Waals surface area contributed by atoms with Gasteiger partial charge in [0, 0.05) is 16.3 Å². The number of benzene rings is 2. The largest absolute Gasteiger partial charge is 0.494 e. The summed E-state index contributed by atoms with van der Waals surface area (Å²) in [7, 11) is -3.91. The lowest BCUT2D eigenvalue weighted by molar-refractivity contribution is -0.139. The second-order valence-corrected chi connectivity index (χ2v) is 9.25. The minimum absolute atomic E-state index is 0.00357. The van der Waals surface area contributed by atoms with Gasteiger partial charge in [0.1, 0.15) is 5.75 Å². The monoisotopic (exact) mass is 478 g/mol. The third kappa shape index (κ3) is 5.23. The molecule has 0 fully saturated rings. The van der Waals surface area contributed by atoms with Gasteiger partial charge in [-0.25, -0.2) is 18.0 Å². The molecule has 8 nitrogen and oxygen atoms in total. The van der Waals surface area contributed by atoms with E-state index in [1.807, 2.05) is 6.92 Å². The van der Waals surface area contributed by atoms with Crippen LogP contribution in [0.1, 0.15) is 25.5 Å². The van der Waals surface area contributed by atoms with Crippen molar-refractivity contribution in [3.8, 4) is 5.75 Å². The second-order valence-electron chi connectivity index (χ2n) is 6.83. The Labute approximate surface area is 191 Å². The molecular weight excluding hydrogens is 456 g/mol. The molecule has 2 aromatic carbocycles. The van der Waals surface area contributed by atoms with Crippen molar-refractivity contribution in [2.45, 2.75) is 24.8 Å². The molecule has 1 heterocycles. The summed E-state index contributed by atoms with van der Waals surface area (Å²) < 4.78 is 36.9. The van der Waals surface area contributed by atoms with Crippen LogP contribution in [-0.4, -0.2) is 39.4 Å². The third-order valence-corrected chi connectivity index (χ3v) is 6.60. The van der Waals surface area contributed by atoms with Crippen LogP contribution in [0.4, 0.5) is 4.79 Å². The molecule has 1 aliphatic rings. The van der Waals surface area contributed by atoms with Crippen molar-refractivity contribution in [3.63, 3.8) is 0 Å². The maximum atomic E-state index is 13.0. The predicted octanol–water partition coefficient (Wildman–Crippen LogP) is 3.38. The van der Waals surface area contributed by atoms with Crippen LogP contribution in [0.2, 0.25) is 5.02 Å². The van der Waals surface area contributed by atoms with E-state index >= 15 is 0 Å².